The molecule has 0 unspecified atom stereocenters. The summed E-state index contributed by atoms with van der Waals surface area (Å²) >= 11 is 0. The quantitative estimate of drug-likeness (QED) is 0.0403. The van der Waals surface area contributed by atoms with Crippen molar-refractivity contribution in [1.82, 2.24) is 19.9 Å². The van der Waals surface area contributed by atoms with Gasteiger partial charge in [0.15, 0.2) is 47.1 Å². The van der Waals surface area contributed by atoms with Crippen molar-refractivity contribution in [3.05, 3.63) is 139 Å². The molecule has 3 heterocycles. The van der Waals surface area contributed by atoms with Crippen molar-refractivity contribution in [2.24, 2.45) is 0 Å². The van der Waals surface area contributed by atoms with E-state index < -0.39 is 6.29 Å². The van der Waals surface area contributed by atoms with Crippen molar-refractivity contribution in [1.29, 1.82) is 0 Å². The predicted molar refractivity (Wildman–Crippen MR) is 249 cm³/mol. The van der Waals surface area contributed by atoms with E-state index in [2.05, 4.69) is 25.3 Å². The molecule has 8 aromatic rings. The second-order valence-corrected chi connectivity index (χ2v) is 14.2. The van der Waals surface area contributed by atoms with Gasteiger partial charge >= 0.3 is 0 Å². The van der Waals surface area contributed by atoms with E-state index in [9.17, 15) is 9.59 Å². The summed E-state index contributed by atoms with van der Waals surface area (Å²) in [7, 11) is 7.87. The number of imidazole rings is 2. The summed E-state index contributed by atoms with van der Waals surface area (Å²) in [6, 6.07) is 32.2. The van der Waals surface area contributed by atoms with E-state index in [-0.39, 0.29) is 6.29 Å². The van der Waals surface area contributed by atoms with Crippen LogP contribution in [-0.2, 0) is 23.7 Å². The zero-order valence-corrected chi connectivity index (χ0v) is 37.1. The van der Waals surface area contributed by atoms with Gasteiger partial charge in [0.05, 0.1) is 80.6 Å². The molecule has 18 heteroatoms. The molecular formula is C49H48N6O12. The summed E-state index contributed by atoms with van der Waals surface area (Å²) in [5.74, 6) is 5.27. The van der Waals surface area contributed by atoms with E-state index in [1.807, 2.05) is 66.7 Å². The molecule has 1 saturated heterocycles. The van der Waals surface area contributed by atoms with Gasteiger partial charge in [-0.2, -0.15) is 0 Å². The van der Waals surface area contributed by atoms with Gasteiger partial charge in [-0.05, 0) is 91.0 Å². The Bertz CT molecular complexity index is 2910. The number of rotatable bonds is 16. The summed E-state index contributed by atoms with van der Waals surface area (Å²) in [5.41, 5.74) is 12.6. The molecule has 1 aliphatic rings. The van der Waals surface area contributed by atoms with Gasteiger partial charge in [0.25, 0.3) is 0 Å². The molecule has 0 saturated carbocycles. The zero-order chi connectivity index (χ0) is 47.1. The molecular weight excluding hydrogens is 865 g/mol. The lowest BCUT2D eigenvalue weighted by Crippen LogP contribution is -2.04. The van der Waals surface area contributed by atoms with Crippen molar-refractivity contribution < 1.29 is 57.0 Å². The van der Waals surface area contributed by atoms with Crippen LogP contribution in [0.5, 0.6) is 51.7 Å². The molecule has 0 spiro atoms. The van der Waals surface area contributed by atoms with Crippen LogP contribution >= 0.6 is 0 Å². The Hall–Kier alpha value is -8.16. The smallest absolute Gasteiger partial charge is 0.211 e. The van der Waals surface area contributed by atoms with E-state index in [1.165, 1.54) is 7.11 Å². The lowest BCUT2D eigenvalue weighted by Gasteiger charge is -2.16. The maximum atomic E-state index is 10.8. The van der Waals surface area contributed by atoms with Crippen LogP contribution in [0.15, 0.2) is 122 Å². The number of aromatic nitrogens is 4. The fourth-order valence-electron chi connectivity index (χ4n) is 6.73. The van der Waals surface area contributed by atoms with Crippen LogP contribution in [0.4, 0.5) is 11.4 Å². The molecule has 1 amide bonds. The second kappa shape index (κ2) is 22.6. The molecule has 346 valence electrons. The van der Waals surface area contributed by atoms with Crippen LogP contribution in [0.3, 0.4) is 0 Å². The minimum Gasteiger partial charge on any atom is -0.493 e. The van der Waals surface area contributed by atoms with E-state index in [0.29, 0.717) is 88.3 Å². The number of anilines is 2. The van der Waals surface area contributed by atoms with Crippen molar-refractivity contribution in [3.63, 3.8) is 0 Å². The molecule has 0 aliphatic carbocycles. The van der Waals surface area contributed by atoms with Gasteiger partial charge in [-0.3, -0.25) is 9.59 Å². The predicted octanol–water partition coefficient (Wildman–Crippen LogP) is 9.51. The van der Waals surface area contributed by atoms with Crippen molar-refractivity contribution in [3.8, 4) is 51.7 Å². The van der Waals surface area contributed by atoms with E-state index in [1.54, 1.807) is 83.6 Å². The third-order valence-corrected chi connectivity index (χ3v) is 10.00. The fourth-order valence-corrected chi connectivity index (χ4v) is 6.73. The van der Waals surface area contributed by atoms with E-state index in [0.717, 1.165) is 39.5 Å². The Morgan fingerprint density at radius 2 is 1.13 bits per heavy atom. The molecule has 6 aromatic carbocycles. The normalized spacial score (nSPS) is 12.1. The largest absolute Gasteiger partial charge is 0.493 e. The Labute approximate surface area is 384 Å². The maximum absolute atomic E-state index is 10.8. The highest BCUT2D eigenvalue weighted by atomic mass is 16.7. The highest BCUT2D eigenvalue weighted by molar-refractivity contribution is 5.81. The number of nitrogens with one attached hydrogen (secondary N) is 3. The molecule has 0 bridgehead atoms. The number of hydrogen-bond donors (Lipinski definition) is 4. The SMILES string of the molecule is COc1cc(C(OC)OC)ccc1Oc1ccc2nc[nH]c2c1.COc1cc(C2OCCO2)ccc1Oc1ccc(NC=O)c(N)c1.COc1cc(C=O)ccc1Oc1ccc2nc[nH]c2c1. The number of fused-ring (bicyclic) bond motifs is 2. The van der Waals surface area contributed by atoms with Gasteiger partial charge in [0.1, 0.15) is 23.5 Å². The van der Waals surface area contributed by atoms with Gasteiger partial charge in [-0.15, -0.1) is 0 Å². The Kier molecular flexibility index (Phi) is 15.8. The molecule has 9 rings (SSSR count). The number of H-pyrrole nitrogens is 2. The number of aldehydes is 1. The number of benzene rings is 6. The molecule has 67 heavy (non-hydrogen) atoms. The lowest BCUT2D eigenvalue weighted by atomic mass is 10.2. The van der Waals surface area contributed by atoms with Crippen molar-refractivity contribution >= 4 is 46.1 Å². The number of amides is 1. The highest BCUT2D eigenvalue weighted by Gasteiger charge is 2.21. The third-order valence-electron chi connectivity index (χ3n) is 10.00. The van der Waals surface area contributed by atoms with Gasteiger partial charge in [-0.25, -0.2) is 9.97 Å². The van der Waals surface area contributed by atoms with Gasteiger partial charge in [0, 0.05) is 49.1 Å². The van der Waals surface area contributed by atoms with E-state index in [4.69, 9.17) is 53.1 Å². The highest BCUT2D eigenvalue weighted by Crippen LogP contribution is 2.38. The lowest BCUT2D eigenvalue weighted by molar-refractivity contribution is -0.106. The van der Waals surface area contributed by atoms with Gasteiger partial charge < -0.3 is 68.4 Å². The number of nitrogens with two attached hydrogens (primary N) is 1. The fraction of sp³-hybridized carbons (Fsp3) is 0.184. The van der Waals surface area contributed by atoms with Gasteiger partial charge in [0.2, 0.25) is 6.41 Å². The molecule has 0 radical (unpaired) electrons. The maximum Gasteiger partial charge on any atom is 0.211 e. The third kappa shape index (κ3) is 11.8. The molecule has 2 aromatic heterocycles. The van der Waals surface area contributed by atoms with Crippen molar-refractivity contribution in [2.45, 2.75) is 12.6 Å². The average molecular weight is 913 g/mol. The summed E-state index contributed by atoms with van der Waals surface area (Å²) < 4.78 is 55.0. The second-order valence-electron chi connectivity index (χ2n) is 14.2. The number of carbonyl (C=O) groups is 2. The number of carbonyl (C=O) groups excluding carboxylic acids is 2. The molecule has 18 nitrogen and oxygen atoms in total. The van der Waals surface area contributed by atoms with E-state index >= 15 is 0 Å². The minimum absolute atomic E-state index is 0.378. The Morgan fingerprint density at radius 1 is 0.612 bits per heavy atom. The van der Waals surface area contributed by atoms with Crippen LogP contribution in [0, 0.1) is 0 Å². The monoisotopic (exact) mass is 912 g/mol. The molecule has 5 N–H and O–H groups in total. The molecule has 0 atom stereocenters. The Balaban J connectivity index is 0.000000150. The van der Waals surface area contributed by atoms with Crippen LogP contribution in [0.1, 0.15) is 34.1 Å². The first-order chi connectivity index (χ1) is 32.7. The summed E-state index contributed by atoms with van der Waals surface area (Å²) in [6.45, 7) is 1.15. The number of methoxy groups -OCH3 is 5. The first kappa shape index (κ1) is 46.8. The van der Waals surface area contributed by atoms with Crippen molar-refractivity contribution in [2.75, 3.05) is 59.8 Å². The number of nitrogens with zero attached hydrogens (tertiary/aromatic N) is 2. The number of hydrogen-bond acceptors (Lipinski definition) is 15. The van der Waals surface area contributed by atoms with Crippen LogP contribution in [-0.4, -0.2) is 81.4 Å². The molecule has 1 fully saturated rings. The summed E-state index contributed by atoms with van der Waals surface area (Å²) in [4.78, 5) is 35.7. The number of nitrogen functional groups attached to an aromatic ring is 1. The minimum atomic E-state index is -0.445. The first-order valence-corrected chi connectivity index (χ1v) is 20.5. The summed E-state index contributed by atoms with van der Waals surface area (Å²) in [5, 5.41) is 2.51. The Morgan fingerprint density at radius 3 is 1.67 bits per heavy atom. The van der Waals surface area contributed by atoms with Gasteiger partial charge in [-0.1, -0.05) is 0 Å². The number of ether oxygens (including phenoxy) is 10. The topological polar surface area (TPSA) is 222 Å². The molecule has 1 aliphatic heterocycles. The average Bonchev–Trinajstić information content (AvgIpc) is 4.17. The standard InChI is InChI=1S/C17H18N2O5.C17H18N2O4.C15H12N2O3/c1-21-16-8-11(17-22-6-7-23-17)2-5-15(16)24-12-3-4-14(19-10-20)13(18)9-12;1-20-16-8-11(17(21-2)22-3)4-7-15(16)23-12-5-6-13-14(9-12)19-10-18-13;1-19-15-6-10(8-18)2-5-14(15)20-11-3-4-12-13(7-11)17-9-16-12/h2-5,8-10,17H,6-7,18H2,1H3,(H,19,20);4-10,17H,1-3H3,(H,18,19);2-9H,1H3,(H,16,17). The van der Waals surface area contributed by atoms with Crippen LogP contribution < -0.4 is 39.5 Å². The first-order valence-electron chi connectivity index (χ1n) is 20.5. The van der Waals surface area contributed by atoms with Crippen LogP contribution in [0.25, 0.3) is 22.1 Å². The summed E-state index contributed by atoms with van der Waals surface area (Å²) in [6.07, 6.45) is 3.80. The zero-order valence-electron chi connectivity index (χ0n) is 37.1. The number of aromatic amines is 2. The van der Waals surface area contributed by atoms with Crippen LogP contribution in [0.2, 0.25) is 0 Å².